The maximum absolute atomic E-state index is 13.0. The summed E-state index contributed by atoms with van der Waals surface area (Å²) in [5.74, 6) is 1.22. The zero-order valence-electron chi connectivity index (χ0n) is 21.1. The third-order valence-electron chi connectivity index (χ3n) is 6.55. The number of amides is 2. The lowest BCUT2D eigenvalue weighted by Gasteiger charge is -2.28. The van der Waals surface area contributed by atoms with Gasteiger partial charge in [0.05, 0.1) is 31.3 Å². The number of aliphatic hydroxyl groups excluding tert-OH is 1. The molecule has 2 amide bonds. The number of aromatic nitrogens is 1. The number of hydrogen-bond donors (Lipinski definition) is 2. The fraction of sp³-hybridized carbons (Fsp3) is 0.444. The van der Waals surface area contributed by atoms with Gasteiger partial charge in [-0.15, -0.1) is 0 Å². The molecule has 1 saturated heterocycles. The Kier molecular flexibility index (Phi) is 7.77. The minimum Gasteiger partial charge on any atom is -0.475 e. The molecule has 2 aliphatic heterocycles. The number of carbonyl (C=O) groups excluding carboxylic acids is 1. The van der Waals surface area contributed by atoms with Crippen molar-refractivity contribution in [2.24, 2.45) is 5.41 Å². The van der Waals surface area contributed by atoms with Gasteiger partial charge in [0.25, 0.3) is 0 Å². The molecule has 0 spiro atoms. The van der Waals surface area contributed by atoms with Gasteiger partial charge in [-0.05, 0) is 61.2 Å². The van der Waals surface area contributed by atoms with Crippen molar-refractivity contribution in [3.8, 4) is 23.1 Å². The minimum atomic E-state index is -0.596. The molecule has 0 aliphatic carbocycles. The van der Waals surface area contributed by atoms with Crippen molar-refractivity contribution in [2.45, 2.75) is 20.8 Å². The van der Waals surface area contributed by atoms with Crippen molar-refractivity contribution >= 4 is 17.5 Å². The van der Waals surface area contributed by atoms with Crippen molar-refractivity contribution in [2.75, 3.05) is 62.8 Å². The number of urea groups is 1. The lowest BCUT2D eigenvalue weighted by molar-refractivity contribution is 0.122. The number of hydrogen-bond acceptors (Lipinski definition) is 7. The lowest BCUT2D eigenvalue weighted by atomic mass is 9.86. The van der Waals surface area contributed by atoms with E-state index in [0.29, 0.717) is 37.9 Å². The highest BCUT2D eigenvalue weighted by Crippen LogP contribution is 2.33. The predicted molar refractivity (Wildman–Crippen MR) is 138 cm³/mol. The molecule has 0 bridgehead atoms. The van der Waals surface area contributed by atoms with Crippen LogP contribution in [0.1, 0.15) is 19.4 Å². The zero-order chi connectivity index (χ0) is 25.7. The Labute approximate surface area is 211 Å². The lowest BCUT2D eigenvalue weighted by Crippen LogP contribution is -2.36. The Bertz CT molecular complexity index is 1180. The van der Waals surface area contributed by atoms with Crippen LogP contribution in [0, 0.1) is 23.7 Å². The number of rotatable bonds is 7. The Balaban J connectivity index is 1.56. The number of nitrogens with zero attached hydrogens (tertiary/aromatic N) is 4. The van der Waals surface area contributed by atoms with Crippen molar-refractivity contribution < 1.29 is 19.4 Å². The molecule has 0 atom stereocenters. The summed E-state index contributed by atoms with van der Waals surface area (Å²) in [6.07, 6.45) is 1.96. The normalized spacial score (nSPS) is 15.9. The molecule has 2 N–H and O–H groups in total. The number of ether oxygens (including phenoxy) is 2. The summed E-state index contributed by atoms with van der Waals surface area (Å²) < 4.78 is 11.2. The number of nitriles is 1. The summed E-state index contributed by atoms with van der Waals surface area (Å²) in [6, 6.07) is 11.8. The number of carbonyl (C=O) groups is 1. The van der Waals surface area contributed by atoms with E-state index in [0.717, 1.165) is 41.2 Å². The molecular formula is C27H33N5O4. The van der Waals surface area contributed by atoms with E-state index in [1.165, 1.54) is 0 Å². The first-order valence-electron chi connectivity index (χ1n) is 12.2. The molecule has 4 rings (SSSR count). The van der Waals surface area contributed by atoms with Crippen LogP contribution in [-0.2, 0) is 4.74 Å². The molecule has 9 heteroatoms. The second-order valence-electron chi connectivity index (χ2n) is 9.53. The highest BCUT2D eigenvalue weighted by molar-refractivity contribution is 5.91. The quantitative estimate of drug-likeness (QED) is 0.570. The fourth-order valence-electron chi connectivity index (χ4n) is 4.27. The largest absolute Gasteiger partial charge is 0.475 e. The van der Waals surface area contributed by atoms with Gasteiger partial charge >= 0.3 is 6.03 Å². The van der Waals surface area contributed by atoms with Gasteiger partial charge < -0.3 is 29.7 Å². The van der Waals surface area contributed by atoms with Crippen molar-refractivity contribution in [3.63, 3.8) is 0 Å². The van der Waals surface area contributed by atoms with Crippen molar-refractivity contribution in [1.82, 2.24) is 9.88 Å². The van der Waals surface area contributed by atoms with Crippen LogP contribution >= 0.6 is 0 Å². The smallest absolute Gasteiger partial charge is 0.322 e. The molecule has 2 aliphatic rings. The molecule has 1 aromatic heterocycles. The van der Waals surface area contributed by atoms with Gasteiger partial charge in [0.2, 0.25) is 5.88 Å². The average molecular weight is 492 g/mol. The molecule has 2 aromatic rings. The van der Waals surface area contributed by atoms with Crippen LogP contribution in [0.2, 0.25) is 0 Å². The predicted octanol–water partition coefficient (Wildman–Crippen LogP) is 3.59. The molecule has 9 nitrogen and oxygen atoms in total. The van der Waals surface area contributed by atoms with Crippen LogP contribution in [0.4, 0.5) is 16.3 Å². The summed E-state index contributed by atoms with van der Waals surface area (Å²) >= 11 is 0. The van der Waals surface area contributed by atoms with Crippen LogP contribution in [0.3, 0.4) is 0 Å². The van der Waals surface area contributed by atoms with E-state index in [9.17, 15) is 15.2 Å². The number of nitrogens with one attached hydrogen (secondary N) is 1. The monoisotopic (exact) mass is 491 g/mol. The number of morpholine rings is 1. The molecule has 1 aromatic carbocycles. The summed E-state index contributed by atoms with van der Waals surface area (Å²) in [5, 5.41) is 21.6. The van der Waals surface area contributed by atoms with Crippen molar-refractivity contribution in [3.05, 3.63) is 47.5 Å². The molecule has 0 unspecified atom stereocenters. The minimum absolute atomic E-state index is 0.0992. The van der Waals surface area contributed by atoms with E-state index in [2.05, 4.69) is 21.3 Å². The van der Waals surface area contributed by atoms with Crippen LogP contribution in [-0.4, -0.2) is 73.6 Å². The van der Waals surface area contributed by atoms with E-state index in [-0.39, 0.29) is 19.2 Å². The number of aryl methyl sites for hydroxylation is 1. The molecule has 0 radical (unpaired) electrons. The summed E-state index contributed by atoms with van der Waals surface area (Å²) in [7, 11) is 0. The SMILES string of the molecule is Cc1ccc(NC(=O)N2CC=C(C(C)(C)C#N)C2)cc1-c1cc(OCCO)nc(N2CCOCC2)c1. The van der Waals surface area contributed by atoms with Crippen LogP contribution < -0.4 is 15.0 Å². The summed E-state index contributed by atoms with van der Waals surface area (Å²) in [4.78, 5) is 21.5. The fourth-order valence-corrected chi connectivity index (χ4v) is 4.27. The van der Waals surface area contributed by atoms with Gasteiger partial charge in [-0.2, -0.15) is 10.2 Å². The number of benzene rings is 1. The topological polar surface area (TPSA) is 111 Å². The first-order chi connectivity index (χ1) is 17.3. The third kappa shape index (κ3) is 5.78. The second kappa shape index (κ2) is 11.0. The van der Waals surface area contributed by atoms with Crippen LogP contribution in [0.25, 0.3) is 11.1 Å². The molecule has 3 heterocycles. The van der Waals surface area contributed by atoms with E-state index in [1.54, 1.807) is 4.90 Å². The molecule has 0 saturated carbocycles. The highest BCUT2D eigenvalue weighted by Gasteiger charge is 2.30. The second-order valence-corrected chi connectivity index (χ2v) is 9.53. The van der Waals surface area contributed by atoms with Gasteiger partial charge in [0.15, 0.2) is 0 Å². The first kappa shape index (κ1) is 25.5. The highest BCUT2D eigenvalue weighted by atomic mass is 16.5. The van der Waals surface area contributed by atoms with Crippen LogP contribution in [0.15, 0.2) is 42.0 Å². The van der Waals surface area contributed by atoms with Gasteiger partial charge in [-0.3, -0.25) is 0 Å². The van der Waals surface area contributed by atoms with Crippen molar-refractivity contribution in [1.29, 1.82) is 5.26 Å². The molecule has 36 heavy (non-hydrogen) atoms. The molecular weight excluding hydrogens is 458 g/mol. The molecule has 190 valence electrons. The van der Waals surface area contributed by atoms with Gasteiger partial charge in [-0.1, -0.05) is 12.1 Å². The number of anilines is 2. The third-order valence-corrected chi connectivity index (χ3v) is 6.55. The maximum atomic E-state index is 13.0. The van der Waals surface area contributed by atoms with E-state index < -0.39 is 5.41 Å². The van der Waals surface area contributed by atoms with E-state index >= 15 is 0 Å². The summed E-state index contributed by atoms with van der Waals surface area (Å²) in [5.41, 5.74) is 3.93. The van der Waals surface area contributed by atoms with Crippen LogP contribution in [0.5, 0.6) is 5.88 Å². The first-order valence-corrected chi connectivity index (χ1v) is 12.2. The van der Waals surface area contributed by atoms with E-state index in [4.69, 9.17) is 9.47 Å². The van der Waals surface area contributed by atoms with Gasteiger partial charge in [-0.25, -0.2) is 4.79 Å². The number of aliphatic hydroxyl groups is 1. The maximum Gasteiger partial charge on any atom is 0.322 e. The summed E-state index contributed by atoms with van der Waals surface area (Å²) in [6.45, 7) is 9.46. The van der Waals surface area contributed by atoms with Gasteiger partial charge in [0, 0.05) is 37.9 Å². The Morgan fingerprint density at radius 3 is 2.78 bits per heavy atom. The van der Waals surface area contributed by atoms with Gasteiger partial charge in [0.1, 0.15) is 12.4 Å². The average Bonchev–Trinajstić information content (AvgIpc) is 3.41. The Morgan fingerprint density at radius 2 is 2.06 bits per heavy atom. The van der Waals surface area contributed by atoms with E-state index in [1.807, 2.05) is 57.2 Å². The number of pyridine rings is 1. The Morgan fingerprint density at radius 1 is 1.28 bits per heavy atom. The Hall–Kier alpha value is -3.61. The zero-order valence-corrected chi connectivity index (χ0v) is 21.1. The molecule has 1 fully saturated rings. The standard InChI is InChI=1S/C27H33N5O4/c1-19-4-5-22(29-26(34)32-7-6-21(17-32)27(2,3)18-28)16-23(19)20-14-24(31-8-11-35-12-9-31)30-25(15-20)36-13-10-33/h4-6,14-16,33H,7-13,17H2,1-3H3,(H,29,34).